The van der Waals surface area contributed by atoms with Crippen LogP contribution in [0.4, 0.5) is 4.39 Å². The molecule has 212 valence electrons. The molecule has 0 radical (unpaired) electrons. The maximum atomic E-state index is 14.5. The minimum absolute atomic E-state index is 0.238. The van der Waals surface area contributed by atoms with Crippen LogP contribution in [0, 0.1) is 17.1 Å². The van der Waals surface area contributed by atoms with Crippen molar-refractivity contribution in [2.24, 2.45) is 5.73 Å². The number of nitriles is 1. The number of amides is 1. The third-order valence-electron chi connectivity index (χ3n) is 5.91. The van der Waals surface area contributed by atoms with Crippen molar-refractivity contribution in [3.63, 3.8) is 0 Å². The van der Waals surface area contributed by atoms with Gasteiger partial charge in [0.15, 0.2) is 0 Å². The van der Waals surface area contributed by atoms with E-state index in [2.05, 4.69) is 17.1 Å². The number of hydrogen-bond donors (Lipinski definition) is 2. The molecular weight excluding hydrogens is 521 g/mol. The second-order valence-corrected chi connectivity index (χ2v) is 9.03. The molecule has 0 bridgehead atoms. The molecule has 0 heterocycles. The maximum absolute atomic E-state index is 14.5. The van der Waals surface area contributed by atoms with Crippen molar-refractivity contribution in [2.45, 2.75) is 33.6 Å². The summed E-state index contributed by atoms with van der Waals surface area (Å²) in [6.07, 6.45) is 0. The van der Waals surface area contributed by atoms with Gasteiger partial charge >= 0.3 is 0 Å². The quantitative estimate of drug-likeness (QED) is 0.231. The van der Waals surface area contributed by atoms with Crippen molar-refractivity contribution in [3.05, 3.63) is 113 Å². The van der Waals surface area contributed by atoms with Gasteiger partial charge in [-0.05, 0) is 36.4 Å². The highest BCUT2D eigenvalue weighted by Crippen LogP contribution is 2.35. The first kappa shape index (κ1) is 30.7. The highest BCUT2D eigenvalue weighted by atomic mass is 19.1. The normalized spacial score (nSPS) is 10.1. The average molecular weight is 556 g/mol. The Kier molecular flexibility index (Phi) is 11.7. The minimum atomic E-state index is -0.333. The Balaban J connectivity index is 0.00000108. The highest BCUT2D eigenvalue weighted by Gasteiger charge is 2.15. The molecular formula is C33H34FN3O4. The molecule has 0 aromatic heterocycles. The second kappa shape index (κ2) is 15.7. The summed E-state index contributed by atoms with van der Waals surface area (Å²) in [5.41, 5.74) is 8.93. The van der Waals surface area contributed by atoms with E-state index < -0.39 is 0 Å². The van der Waals surface area contributed by atoms with Gasteiger partial charge in [0.25, 0.3) is 0 Å². The zero-order valence-electron chi connectivity index (χ0n) is 23.4. The molecule has 0 aliphatic rings. The van der Waals surface area contributed by atoms with Gasteiger partial charge in [0.2, 0.25) is 5.91 Å². The smallest absolute Gasteiger partial charge is 0.214 e. The molecule has 8 heteroatoms. The number of carbonyl (C=O) groups excluding carboxylic acids is 1. The third kappa shape index (κ3) is 9.09. The predicted molar refractivity (Wildman–Crippen MR) is 157 cm³/mol. The molecule has 0 aliphatic heterocycles. The Morgan fingerprint density at radius 2 is 1.66 bits per heavy atom. The van der Waals surface area contributed by atoms with Gasteiger partial charge in [-0.15, -0.1) is 0 Å². The summed E-state index contributed by atoms with van der Waals surface area (Å²) in [5, 5.41) is 12.5. The molecule has 0 unspecified atom stereocenters. The number of halogens is 1. The van der Waals surface area contributed by atoms with Crippen LogP contribution < -0.4 is 25.3 Å². The number of carbonyl (C=O) groups is 1. The van der Waals surface area contributed by atoms with Gasteiger partial charge in [-0.1, -0.05) is 61.5 Å². The van der Waals surface area contributed by atoms with Crippen LogP contribution in [0.5, 0.6) is 17.2 Å². The zero-order chi connectivity index (χ0) is 29.6. The number of primary amides is 1. The molecule has 0 saturated heterocycles. The summed E-state index contributed by atoms with van der Waals surface area (Å²) >= 11 is 0. The topological polar surface area (TPSA) is 107 Å². The second-order valence-electron chi connectivity index (χ2n) is 9.03. The van der Waals surface area contributed by atoms with Crippen molar-refractivity contribution in [1.29, 1.82) is 5.26 Å². The molecule has 0 aliphatic carbocycles. The summed E-state index contributed by atoms with van der Waals surface area (Å²) in [4.78, 5) is 9.22. The van der Waals surface area contributed by atoms with Gasteiger partial charge in [-0.2, -0.15) is 5.26 Å². The molecule has 4 aromatic rings. The van der Waals surface area contributed by atoms with Gasteiger partial charge in [-0.25, -0.2) is 4.39 Å². The van der Waals surface area contributed by atoms with Gasteiger partial charge in [0, 0.05) is 41.8 Å². The van der Waals surface area contributed by atoms with Gasteiger partial charge in [0.05, 0.1) is 18.7 Å². The molecule has 0 saturated carbocycles. The van der Waals surface area contributed by atoms with Crippen LogP contribution in [-0.2, 0) is 24.6 Å². The lowest BCUT2D eigenvalue weighted by molar-refractivity contribution is -0.115. The number of nitrogens with two attached hydrogens (primary N) is 1. The summed E-state index contributed by atoms with van der Waals surface area (Å²) in [5.74, 6) is 1.27. The lowest BCUT2D eigenvalue weighted by Gasteiger charge is -2.17. The van der Waals surface area contributed by atoms with Crippen molar-refractivity contribution < 1.29 is 23.4 Å². The predicted octanol–water partition coefficient (Wildman–Crippen LogP) is 6.13. The summed E-state index contributed by atoms with van der Waals surface area (Å²) in [6.45, 7) is 5.41. The Labute approximate surface area is 240 Å². The van der Waals surface area contributed by atoms with E-state index in [1.165, 1.54) is 13.0 Å². The SMILES string of the molecule is CC(N)=O.CCNCc1ccc(OCc2cccc(-c3ccccc3F)c2OC)cc1OCc1cccc(C#N)c1. The fourth-order valence-electron chi connectivity index (χ4n) is 4.05. The summed E-state index contributed by atoms with van der Waals surface area (Å²) in [7, 11) is 1.58. The van der Waals surface area contributed by atoms with Crippen LogP contribution >= 0.6 is 0 Å². The molecule has 4 rings (SSSR count). The molecule has 0 atom stereocenters. The standard InChI is InChI=1S/C31H29FN2O3.C2H5NO/c1-3-34-19-24-14-15-26(17-30(24)37-20-23-9-6-8-22(16-23)18-33)36-21-25-10-7-12-28(31(25)35-2)27-11-4-5-13-29(27)32;1-2(3)4/h4-17,34H,3,19-21H2,1-2H3;1H3,(H2,3,4). The lowest BCUT2D eigenvalue weighted by atomic mass is 10.0. The fourth-order valence-corrected chi connectivity index (χ4v) is 4.05. The molecule has 0 fully saturated rings. The van der Waals surface area contributed by atoms with Crippen LogP contribution in [0.3, 0.4) is 0 Å². The van der Waals surface area contributed by atoms with Crippen molar-refractivity contribution in [2.75, 3.05) is 13.7 Å². The van der Waals surface area contributed by atoms with E-state index in [0.29, 0.717) is 47.1 Å². The third-order valence-corrected chi connectivity index (χ3v) is 5.91. The first-order valence-electron chi connectivity index (χ1n) is 13.1. The molecule has 7 nitrogen and oxygen atoms in total. The Morgan fingerprint density at radius 3 is 2.37 bits per heavy atom. The van der Waals surface area contributed by atoms with Crippen molar-refractivity contribution in [1.82, 2.24) is 5.32 Å². The van der Waals surface area contributed by atoms with Crippen LogP contribution in [-0.4, -0.2) is 19.6 Å². The molecule has 3 N–H and O–H groups in total. The zero-order valence-corrected chi connectivity index (χ0v) is 23.4. The number of ether oxygens (including phenoxy) is 3. The largest absolute Gasteiger partial charge is 0.496 e. The number of hydrogen-bond acceptors (Lipinski definition) is 6. The lowest BCUT2D eigenvalue weighted by Crippen LogP contribution is -2.13. The van der Waals surface area contributed by atoms with Crippen LogP contribution in [0.2, 0.25) is 0 Å². The number of para-hydroxylation sites is 1. The van der Waals surface area contributed by atoms with E-state index in [4.69, 9.17) is 19.5 Å². The van der Waals surface area contributed by atoms with E-state index in [0.717, 1.165) is 23.2 Å². The van der Waals surface area contributed by atoms with Crippen LogP contribution in [0.15, 0.2) is 84.9 Å². The number of benzene rings is 4. The van der Waals surface area contributed by atoms with E-state index in [1.807, 2.05) is 61.5 Å². The first-order valence-corrected chi connectivity index (χ1v) is 13.1. The van der Waals surface area contributed by atoms with E-state index in [9.17, 15) is 9.18 Å². The Bertz CT molecular complexity index is 1500. The minimum Gasteiger partial charge on any atom is -0.496 e. The number of rotatable bonds is 11. The molecule has 41 heavy (non-hydrogen) atoms. The number of nitrogens with one attached hydrogen (secondary N) is 1. The molecule has 1 amide bonds. The maximum Gasteiger partial charge on any atom is 0.214 e. The van der Waals surface area contributed by atoms with Crippen LogP contribution in [0.25, 0.3) is 11.1 Å². The van der Waals surface area contributed by atoms with Crippen molar-refractivity contribution in [3.8, 4) is 34.4 Å². The van der Waals surface area contributed by atoms with Gasteiger partial charge < -0.3 is 25.3 Å². The van der Waals surface area contributed by atoms with Gasteiger partial charge in [-0.3, -0.25) is 4.79 Å². The summed E-state index contributed by atoms with van der Waals surface area (Å²) in [6, 6.07) is 27.5. The van der Waals surface area contributed by atoms with E-state index in [1.54, 1.807) is 31.4 Å². The Hall–Kier alpha value is -4.87. The number of nitrogens with zero attached hydrogens (tertiary/aromatic N) is 1. The first-order chi connectivity index (χ1) is 19.9. The van der Waals surface area contributed by atoms with Crippen molar-refractivity contribution >= 4 is 5.91 Å². The molecule has 0 spiro atoms. The fraction of sp³-hybridized carbons (Fsp3) is 0.212. The van der Waals surface area contributed by atoms with E-state index in [-0.39, 0.29) is 18.3 Å². The highest BCUT2D eigenvalue weighted by molar-refractivity contribution is 5.72. The van der Waals surface area contributed by atoms with E-state index >= 15 is 0 Å². The summed E-state index contributed by atoms with van der Waals surface area (Å²) < 4.78 is 32.4. The average Bonchev–Trinajstić information content (AvgIpc) is 2.98. The number of methoxy groups -OCH3 is 1. The van der Waals surface area contributed by atoms with Gasteiger partial charge in [0.1, 0.15) is 36.3 Å². The monoisotopic (exact) mass is 555 g/mol. The Morgan fingerprint density at radius 1 is 0.927 bits per heavy atom. The molecule has 4 aromatic carbocycles. The van der Waals surface area contributed by atoms with Crippen LogP contribution in [0.1, 0.15) is 36.1 Å².